The van der Waals surface area contributed by atoms with Gasteiger partial charge in [0.15, 0.2) is 23.0 Å². The minimum atomic E-state index is -3.82. The maximum Gasteiger partial charge on any atom is 0.328 e. The first-order valence-electron chi connectivity index (χ1n) is 11.5. The number of phenols is 1. The molecule has 2 heterocycles. The molecule has 2 aliphatic heterocycles. The van der Waals surface area contributed by atoms with E-state index in [2.05, 4.69) is 5.32 Å². The van der Waals surface area contributed by atoms with Gasteiger partial charge in [0, 0.05) is 11.8 Å². The average Bonchev–Trinajstić information content (AvgIpc) is 3.49. The highest BCUT2D eigenvalue weighted by Gasteiger charge is 2.53. The number of urea groups is 1. The van der Waals surface area contributed by atoms with E-state index in [1.807, 2.05) is 4.72 Å². The molecule has 0 radical (unpaired) electrons. The Kier molecular flexibility index (Phi) is 6.18. The summed E-state index contributed by atoms with van der Waals surface area (Å²) in [5.74, 6) is -1.58. The average molecular weight is 535 g/mol. The number of methoxy groups -OCH3 is 2. The summed E-state index contributed by atoms with van der Waals surface area (Å²) in [6.07, 6.45) is 0. The van der Waals surface area contributed by atoms with Crippen molar-refractivity contribution in [3.05, 3.63) is 41.0 Å². The van der Waals surface area contributed by atoms with Crippen molar-refractivity contribution in [3.63, 3.8) is 0 Å². The molecular weight excluding hydrogens is 508 g/mol. The number of hydrogen-bond acceptors (Lipinski definition) is 10. The second-order valence-electron chi connectivity index (χ2n) is 8.86. The normalized spacial score (nSPS) is 23.5. The van der Waals surface area contributed by atoms with Crippen LogP contribution in [0.25, 0.3) is 0 Å². The molecule has 4 atom stereocenters. The van der Waals surface area contributed by atoms with E-state index in [1.54, 1.807) is 24.3 Å². The van der Waals surface area contributed by atoms with Gasteiger partial charge in [-0.3, -0.25) is 4.79 Å². The van der Waals surface area contributed by atoms with Gasteiger partial charge in [-0.15, -0.1) is 0 Å². The molecule has 3 N–H and O–H groups in total. The first-order valence-corrected chi connectivity index (χ1v) is 13.2. The molecule has 2 amide bonds. The van der Waals surface area contributed by atoms with Crippen molar-refractivity contribution in [2.75, 3.05) is 33.4 Å². The van der Waals surface area contributed by atoms with E-state index in [9.17, 15) is 23.1 Å². The quantitative estimate of drug-likeness (QED) is 0.466. The Morgan fingerprint density at radius 3 is 2.27 bits per heavy atom. The van der Waals surface area contributed by atoms with Crippen molar-refractivity contribution in [2.45, 2.75) is 18.9 Å². The highest BCUT2D eigenvalue weighted by Crippen LogP contribution is 2.55. The number of benzene rings is 2. The number of aromatic hydroxyl groups is 1. The molecule has 3 aliphatic rings. The molecule has 1 saturated heterocycles. The molecule has 2 aromatic carbocycles. The van der Waals surface area contributed by atoms with E-state index in [1.165, 1.54) is 21.1 Å². The fourth-order valence-corrected chi connectivity index (χ4v) is 5.71. The van der Waals surface area contributed by atoms with Gasteiger partial charge in [-0.25, -0.2) is 17.9 Å². The topological polar surface area (TPSA) is 159 Å². The maximum atomic E-state index is 13.1. The highest BCUT2D eigenvalue weighted by molar-refractivity contribution is 7.90. The van der Waals surface area contributed by atoms with Crippen LogP contribution < -0.4 is 29.0 Å². The minimum absolute atomic E-state index is 0.00566. The summed E-state index contributed by atoms with van der Waals surface area (Å²) >= 11 is 0. The Morgan fingerprint density at radius 2 is 1.68 bits per heavy atom. The van der Waals surface area contributed by atoms with Crippen molar-refractivity contribution in [3.8, 4) is 28.7 Å². The van der Waals surface area contributed by atoms with Crippen LogP contribution in [0.3, 0.4) is 0 Å². The number of nitrogens with one attached hydrogen (secondary N) is 2. The SMILES string of the molecule is CCS(=O)(=O)NC(=O)N[C@@H]1c2cc3c(cc2[C@@H](c2cc(OC)c(O)c(OC)c2)[C@H]2C(=O)OC[C@@H]21)OCO3. The van der Waals surface area contributed by atoms with Crippen LogP contribution in [0.1, 0.15) is 35.6 Å². The molecule has 0 aromatic heterocycles. The Morgan fingerprint density at radius 1 is 1.05 bits per heavy atom. The van der Waals surface area contributed by atoms with E-state index in [-0.39, 0.29) is 36.4 Å². The largest absolute Gasteiger partial charge is 0.502 e. The molecule has 12 nitrogen and oxygen atoms in total. The third-order valence-corrected chi connectivity index (χ3v) is 8.22. The molecule has 0 unspecified atom stereocenters. The Balaban J connectivity index is 1.67. The van der Waals surface area contributed by atoms with Gasteiger partial charge in [0.05, 0.1) is 38.5 Å². The van der Waals surface area contributed by atoms with E-state index in [0.717, 1.165) is 0 Å². The predicted octanol–water partition coefficient (Wildman–Crippen LogP) is 1.76. The standard InChI is InChI=1S/C24H26N2O10S/c1-4-37(30,31)26-24(29)25-21-13-8-16-15(35-10-36-16)7-12(13)19(20-14(21)9-34-23(20)28)11-5-17(32-2)22(27)18(6-11)33-3/h5-8,14,19-21,27H,4,9-10H2,1-3H3,(H2,25,26,29)/t14-,19+,20-,21+/m0/s1. The zero-order valence-electron chi connectivity index (χ0n) is 20.3. The molecule has 37 heavy (non-hydrogen) atoms. The number of fused-ring (bicyclic) bond motifs is 3. The maximum absolute atomic E-state index is 13.1. The van der Waals surface area contributed by atoms with Crippen LogP contribution >= 0.6 is 0 Å². The predicted molar refractivity (Wildman–Crippen MR) is 127 cm³/mol. The first-order chi connectivity index (χ1) is 17.7. The number of amides is 2. The van der Waals surface area contributed by atoms with Gasteiger partial charge in [0.1, 0.15) is 0 Å². The Hall–Kier alpha value is -3.87. The van der Waals surface area contributed by atoms with Gasteiger partial charge < -0.3 is 34.1 Å². The Bertz CT molecular complexity index is 1350. The number of ether oxygens (including phenoxy) is 5. The van der Waals surface area contributed by atoms with Gasteiger partial charge >= 0.3 is 12.0 Å². The lowest BCUT2D eigenvalue weighted by molar-refractivity contribution is -0.141. The lowest BCUT2D eigenvalue weighted by Gasteiger charge is -2.39. The van der Waals surface area contributed by atoms with Gasteiger partial charge in [-0.2, -0.15) is 0 Å². The molecule has 0 spiro atoms. The van der Waals surface area contributed by atoms with Crippen LogP contribution in [-0.4, -0.2) is 58.9 Å². The zero-order chi connectivity index (χ0) is 26.5. The lowest BCUT2D eigenvalue weighted by atomic mass is 9.65. The highest BCUT2D eigenvalue weighted by atomic mass is 32.2. The van der Waals surface area contributed by atoms with Crippen LogP contribution in [-0.2, 0) is 19.6 Å². The summed E-state index contributed by atoms with van der Waals surface area (Å²) in [6, 6.07) is 5.01. The number of rotatable bonds is 6. The number of esters is 1. The van der Waals surface area contributed by atoms with Crippen LogP contribution in [0, 0.1) is 11.8 Å². The van der Waals surface area contributed by atoms with Crippen LogP contribution in [0.15, 0.2) is 24.3 Å². The van der Waals surface area contributed by atoms with Gasteiger partial charge in [-0.1, -0.05) is 0 Å². The molecule has 13 heteroatoms. The number of carbonyl (C=O) groups is 2. The number of hydrogen-bond donors (Lipinski definition) is 3. The van der Waals surface area contributed by atoms with Crippen molar-refractivity contribution < 1.29 is 46.8 Å². The molecule has 0 saturated carbocycles. The summed E-state index contributed by atoms with van der Waals surface area (Å²) in [5, 5.41) is 13.2. The molecule has 1 fully saturated rings. The third kappa shape index (κ3) is 4.22. The summed E-state index contributed by atoms with van der Waals surface area (Å²) < 4.78 is 53.2. The van der Waals surface area contributed by atoms with E-state index in [4.69, 9.17) is 23.7 Å². The molecular formula is C24H26N2O10S. The number of cyclic esters (lactones) is 1. The van der Waals surface area contributed by atoms with Crippen molar-refractivity contribution >= 4 is 22.0 Å². The Labute approximate surface area is 212 Å². The number of sulfonamides is 1. The number of carbonyl (C=O) groups excluding carboxylic acids is 2. The molecule has 1 aliphatic carbocycles. The van der Waals surface area contributed by atoms with Crippen LogP contribution in [0.2, 0.25) is 0 Å². The van der Waals surface area contributed by atoms with E-state index < -0.39 is 45.8 Å². The van der Waals surface area contributed by atoms with E-state index >= 15 is 0 Å². The van der Waals surface area contributed by atoms with Crippen molar-refractivity contribution in [2.24, 2.45) is 11.8 Å². The monoisotopic (exact) mass is 534 g/mol. The van der Waals surface area contributed by atoms with Gasteiger partial charge in [0.2, 0.25) is 22.6 Å². The lowest BCUT2D eigenvalue weighted by Crippen LogP contribution is -2.47. The fourth-order valence-electron chi connectivity index (χ4n) is 5.23. The third-order valence-electron chi connectivity index (χ3n) is 6.96. The molecule has 2 aromatic rings. The summed E-state index contributed by atoms with van der Waals surface area (Å²) in [5.41, 5.74) is 1.86. The second-order valence-corrected chi connectivity index (χ2v) is 10.9. The first kappa shape index (κ1) is 24.8. The summed E-state index contributed by atoms with van der Waals surface area (Å²) in [6.45, 7) is 1.42. The molecule has 198 valence electrons. The van der Waals surface area contributed by atoms with Crippen LogP contribution in [0.5, 0.6) is 28.7 Å². The summed E-state index contributed by atoms with van der Waals surface area (Å²) in [7, 11) is -1.01. The van der Waals surface area contributed by atoms with Crippen molar-refractivity contribution in [1.82, 2.24) is 10.0 Å². The smallest absolute Gasteiger partial charge is 0.328 e. The number of phenolic OH excluding ortho intramolecular Hbond substituents is 1. The van der Waals surface area contributed by atoms with Crippen molar-refractivity contribution in [1.29, 1.82) is 0 Å². The fraction of sp³-hybridized carbons (Fsp3) is 0.417. The van der Waals surface area contributed by atoms with Gasteiger partial charge in [0.25, 0.3) is 0 Å². The van der Waals surface area contributed by atoms with Crippen LogP contribution in [0.4, 0.5) is 4.79 Å². The zero-order valence-corrected chi connectivity index (χ0v) is 21.1. The molecule has 0 bridgehead atoms. The van der Waals surface area contributed by atoms with E-state index in [0.29, 0.717) is 28.2 Å². The minimum Gasteiger partial charge on any atom is -0.502 e. The molecule has 5 rings (SSSR count). The summed E-state index contributed by atoms with van der Waals surface area (Å²) in [4.78, 5) is 25.8. The van der Waals surface area contributed by atoms with Gasteiger partial charge in [-0.05, 0) is 47.9 Å². The second kappa shape index (κ2) is 9.21.